The summed E-state index contributed by atoms with van der Waals surface area (Å²) >= 11 is 0. The summed E-state index contributed by atoms with van der Waals surface area (Å²) in [5, 5.41) is 0. The van der Waals surface area contributed by atoms with Gasteiger partial charge in [0.05, 0.1) is 18.1 Å². The molecule has 1 saturated carbocycles. The van der Waals surface area contributed by atoms with Gasteiger partial charge >= 0.3 is 0 Å². The van der Waals surface area contributed by atoms with Gasteiger partial charge in [-0.2, -0.15) is 0 Å². The van der Waals surface area contributed by atoms with Crippen LogP contribution in [0, 0.1) is 5.92 Å². The van der Waals surface area contributed by atoms with Gasteiger partial charge in [-0.05, 0) is 32.7 Å². The Bertz CT molecular complexity index is 318. The molecule has 1 heterocycles. The zero-order valence-electron chi connectivity index (χ0n) is 9.35. The van der Waals surface area contributed by atoms with Crippen LogP contribution in [-0.2, 0) is 6.54 Å². The van der Waals surface area contributed by atoms with E-state index in [1.165, 1.54) is 12.8 Å². The maximum atomic E-state index is 5.49. The first-order chi connectivity index (χ1) is 7.16. The molecule has 0 saturated heterocycles. The summed E-state index contributed by atoms with van der Waals surface area (Å²) in [6.45, 7) is 3.13. The van der Waals surface area contributed by atoms with E-state index in [1.54, 1.807) is 12.4 Å². The maximum absolute atomic E-state index is 5.49. The summed E-state index contributed by atoms with van der Waals surface area (Å²) in [6.07, 6.45) is 6.12. The molecule has 2 rings (SSSR count). The van der Waals surface area contributed by atoms with Crippen LogP contribution in [0.4, 0.5) is 5.82 Å². The second-order valence-corrected chi connectivity index (χ2v) is 4.43. The SMILES string of the molecule is CC(C1CC1)N(C)Cc1cnc(N)cn1. The molecule has 1 atom stereocenters. The molecule has 15 heavy (non-hydrogen) atoms. The van der Waals surface area contributed by atoms with Crippen molar-refractivity contribution >= 4 is 5.82 Å². The Kier molecular flexibility index (Phi) is 2.86. The number of rotatable bonds is 4. The van der Waals surface area contributed by atoms with Gasteiger partial charge < -0.3 is 5.73 Å². The Morgan fingerprint density at radius 3 is 2.73 bits per heavy atom. The number of nitrogens with two attached hydrogens (primary N) is 1. The third-order valence-corrected chi connectivity index (χ3v) is 3.14. The number of nitrogen functional groups attached to an aromatic ring is 1. The van der Waals surface area contributed by atoms with Crippen molar-refractivity contribution in [2.45, 2.75) is 32.4 Å². The van der Waals surface area contributed by atoms with E-state index in [2.05, 4.69) is 28.8 Å². The lowest BCUT2D eigenvalue weighted by Crippen LogP contribution is -2.30. The summed E-state index contributed by atoms with van der Waals surface area (Å²) in [6, 6.07) is 0.643. The first-order valence-electron chi connectivity index (χ1n) is 5.43. The molecule has 0 aromatic carbocycles. The second kappa shape index (κ2) is 4.14. The van der Waals surface area contributed by atoms with Gasteiger partial charge in [0.2, 0.25) is 0 Å². The summed E-state index contributed by atoms with van der Waals surface area (Å²) in [4.78, 5) is 10.6. The molecule has 1 fully saturated rings. The molecule has 0 spiro atoms. The van der Waals surface area contributed by atoms with Gasteiger partial charge in [-0.15, -0.1) is 0 Å². The smallest absolute Gasteiger partial charge is 0.141 e. The van der Waals surface area contributed by atoms with Crippen molar-refractivity contribution in [1.29, 1.82) is 0 Å². The molecule has 1 aliphatic carbocycles. The van der Waals surface area contributed by atoms with Gasteiger partial charge in [-0.25, -0.2) is 4.98 Å². The minimum atomic E-state index is 0.483. The predicted octanol–water partition coefficient (Wildman–Crippen LogP) is 1.29. The number of aromatic nitrogens is 2. The van der Waals surface area contributed by atoms with Crippen LogP contribution in [0.25, 0.3) is 0 Å². The van der Waals surface area contributed by atoms with Crippen LogP contribution in [0.15, 0.2) is 12.4 Å². The first kappa shape index (κ1) is 10.4. The summed E-state index contributed by atoms with van der Waals surface area (Å²) in [7, 11) is 2.14. The average Bonchev–Trinajstić information content (AvgIpc) is 3.04. The Morgan fingerprint density at radius 2 is 2.20 bits per heavy atom. The van der Waals surface area contributed by atoms with E-state index in [-0.39, 0.29) is 0 Å². The molecule has 0 bridgehead atoms. The summed E-state index contributed by atoms with van der Waals surface area (Å²) < 4.78 is 0. The normalized spacial score (nSPS) is 18.1. The Hall–Kier alpha value is -1.16. The molecular formula is C11H18N4. The van der Waals surface area contributed by atoms with Gasteiger partial charge in [-0.3, -0.25) is 9.88 Å². The molecule has 0 aliphatic heterocycles. The molecule has 0 amide bonds. The van der Waals surface area contributed by atoms with Crippen LogP contribution < -0.4 is 5.73 Å². The fourth-order valence-corrected chi connectivity index (χ4v) is 1.78. The van der Waals surface area contributed by atoms with Crippen molar-refractivity contribution < 1.29 is 0 Å². The monoisotopic (exact) mass is 206 g/mol. The van der Waals surface area contributed by atoms with Crippen LogP contribution >= 0.6 is 0 Å². The van der Waals surface area contributed by atoms with Gasteiger partial charge in [0.25, 0.3) is 0 Å². The zero-order valence-corrected chi connectivity index (χ0v) is 9.35. The van der Waals surface area contributed by atoms with Crippen molar-refractivity contribution in [3.63, 3.8) is 0 Å². The number of anilines is 1. The van der Waals surface area contributed by atoms with Gasteiger partial charge in [0.1, 0.15) is 5.82 Å². The Labute approximate surface area is 90.5 Å². The van der Waals surface area contributed by atoms with E-state index < -0.39 is 0 Å². The van der Waals surface area contributed by atoms with Crippen LogP contribution in [0.2, 0.25) is 0 Å². The lowest BCUT2D eigenvalue weighted by molar-refractivity contribution is 0.224. The zero-order chi connectivity index (χ0) is 10.8. The molecule has 1 unspecified atom stereocenters. The Balaban J connectivity index is 1.92. The van der Waals surface area contributed by atoms with Crippen LogP contribution in [0.1, 0.15) is 25.5 Å². The molecule has 2 N–H and O–H groups in total. The molecule has 1 aromatic rings. The highest BCUT2D eigenvalue weighted by atomic mass is 15.1. The van der Waals surface area contributed by atoms with E-state index in [0.717, 1.165) is 18.2 Å². The molecule has 4 heteroatoms. The number of hydrogen-bond donors (Lipinski definition) is 1. The van der Waals surface area contributed by atoms with Crippen LogP contribution in [0.5, 0.6) is 0 Å². The maximum Gasteiger partial charge on any atom is 0.141 e. The molecular weight excluding hydrogens is 188 g/mol. The second-order valence-electron chi connectivity index (χ2n) is 4.43. The Morgan fingerprint density at radius 1 is 1.47 bits per heavy atom. The molecule has 82 valence electrons. The van der Waals surface area contributed by atoms with Crippen LogP contribution in [0.3, 0.4) is 0 Å². The lowest BCUT2D eigenvalue weighted by atomic mass is 10.2. The van der Waals surface area contributed by atoms with Gasteiger partial charge in [-0.1, -0.05) is 0 Å². The average molecular weight is 206 g/mol. The quantitative estimate of drug-likeness (QED) is 0.806. The van der Waals surface area contributed by atoms with E-state index in [0.29, 0.717) is 11.9 Å². The van der Waals surface area contributed by atoms with Crippen LogP contribution in [-0.4, -0.2) is 28.0 Å². The minimum Gasteiger partial charge on any atom is -0.382 e. The van der Waals surface area contributed by atoms with Crippen molar-refractivity contribution in [2.24, 2.45) is 5.92 Å². The number of hydrogen-bond acceptors (Lipinski definition) is 4. The summed E-state index contributed by atoms with van der Waals surface area (Å²) in [5.74, 6) is 1.37. The van der Waals surface area contributed by atoms with Crippen molar-refractivity contribution in [3.8, 4) is 0 Å². The highest BCUT2D eigenvalue weighted by Gasteiger charge is 2.30. The predicted molar refractivity (Wildman–Crippen MR) is 60.1 cm³/mol. The van der Waals surface area contributed by atoms with E-state index in [9.17, 15) is 0 Å². The van der Waals surface area contributed by atoms with Crippen molar-refractivity contribution in [3.05, 3.63) is 18.1 Å². The lowest BCUT2D eigenvalue weighted by Gasteiger charge is -2.23. The van der Waals surface area contributed by atoms with E-state index in [1.807, 2.05) is 0 Å². The van der Waals surface area contributed by atoms with E-state index >= 15 is 0 Å². The van der Waals surface area contributed by atoms with E-state index in [4.69, 9.17) is 5.73 Å². The third-order valence-electron chi connectivity index (χ3n) is 3.14. The molecule has 4 nitrogen and oxygen atoms in total. The fraction of sp³-hybridized carbons (Fsp3) is 0.636. The minimum absolute atomic E-state index is 0.483. The van der Waals surface area contributed by atoms with Gasteiger partial charge in [0, 0.05) is 12.6 Å². The van der Waals surface area contributed by atoms with Crippen molar-refractivity contribution in [1.82, 2.24) is 14.9 Å². The van der Waals surface area contributed by atoms with Gasteiger partial charge in [0.15, 0.2) is 0 Å². The highest BCUT2D eigenvalue weighted by Crippen LogP contribution is 2.34. The topological polar surface area (TPSA) is 55.0 Å². The summed E-state index contributed by atoms with van der Waals surface area (Å²) in [5.41, 5.74) is 6.47. The van der Waals surface area contributed by atoms with Crippen molar-refractivity contribution in [2.75, 3.05) is 12.8 Å². The fourth-order valence-electron chi connectivity index (χ4n) is 1.78. The standard InChI is InChI=1S/C11H18N4/c1-8(9-3-4-9)15(2)7-10-5-14-11(12)6-13-10/h5-6,8-9H,3-4,7H2,1-2H3,(H2,12,14). The third kappa shape index (κ3) is 2.65. The molecule has 0 radical (unpaired) electrons. The number of nitrogens with zero attached hydrogens (tertiary/aromatic N) is 3. The largest absolute Gasteiger partial charge is 0.382 e. The molecule has 1 aliphatic rings. The highest BCUT2D eigenvalue weighted by molar-refractivity contribution is 5.22. The molecule has 1 aromatic heterocycles. The first-order valence-corrected chi connectivity index (χ1v) is 5.43.